The molecule has 1 aliphatic rings. The van der Waals surface area contributed by atoms with E-state index in [-0.39, 0.29) is 10.6 Å². The number of hydrogen-bond donors (Lipinski definition) is 1. The number of benzene rings is 2. The van der Waals surface area contributed by atoms with Crippen LogP contribution >= 0.6 is 0 Å². The Hall–Kier alpha value is -2.78. The molecule has 2 aromatic carbocycles. The Bertz CT molecular complexity index is 1070. The van der Waals surface area contributed by atoms with Gasteiger partial charge in [-0.2, -0.15) is 0 Å². The number of carbonyl (C=O) groups excluding carboxylic acids is 1. The van der Waals surface area contributed by atoms with Crippen molar-refractivity contribution in [1.29, 1.82) is 0 Å². The molecule has 35 heavy (non-hydrogen) atoms. The summed E-state index contributed by atoms with van der Waals surface area (Å²) in [6, 6.07) is 11.4. The van der Waals surface area contributed by atoms with E-state index in [2.05, 4.69) is 5.32 Å². The Morgan fingerprint density at radius 1 is 1.03 bits per heavy atom. The van der Waals surface area contributed by atoms with Crippen LogP contribution in [0.5, 0.6) is 11.5 Å². The van der Waals surface area contributed by atoms with Crippen LogP contribution in [0.2, 0.25) is 0 Å². The van der Waals surface area contributed by atoms with Gasteiger partial charge < -0.3 is 19.5 Å². The summed E-state index contributed by atoms with van der Waals surface area (Å²) in [5.74, 6) is 0.351. The van der Waals surface area contributed by atoms with Crippen molar-refractivity contribution >= 4 is 21.6 Å². The Labute approximate surface area is 208 Å². The number of hydrogen-bond acceptors (Lipinski definition) is 6. The molecule has 1 fully saturated rings. The zero-order chi connectivity index (χ0) is 25.3. The van der Waals surface area contributed by atoms with Gasteiger partial charge in [0.2, 0.25) is 5.91 Å². The highest BCUT2D eigenvalue weighted by molar-refractivity contribution is 7.92. The molecule has 0 unspecified atom stereocenters. The van der Waals surface area contributed by atoms with E-state index < -0.39 is 22.5 Å². The highest BCUT2D eigenvalue weighted by atomic mass is 32.2. The summed E-state index contributed by atoms with van der Waals surface area (Å²) in [6.07, 6.45) is 6.86. The normalized spacial score (nSPS) is 14.4. The number of anilines is 1. The molecule has 1 amide bonds. The maximum absolute atomic E-state index is 13.6. The summed E-state index contributed by atoms with van der Waals surface area (Å²) in [5.41, 5.74) is 1.16. The lowest BCUT2D eigenvalue weighted by molar-refractivity contribution is -0.119. The maximum Gasteiger partial charge on any atom is 0.264 e. The minimum atomic E-state index is -4.06. The van der Waals surface area contributed by atoms with Gasteiger partial charge in [0.25, 0.3) is 10.0 Å². The highest BCUT2D eigenvalue weighted by Crippen LogP contribution is 2.35. The van der Waals surface area contributed by atoms with Crippen molar-refractivity contribution in [2.75, 3.05) is 38.2 Å². The van der Waals surface area contributed by atoms with Gasteiger partial charge in [0.05, 0.1) is 30.9 Å². The SMILES string of the molecule is COc1ccc(OC)c(N(CC(=O)NCCCOC2CCCCC2)S(=O)(=O)c2ccc(C)cc2)c1. The second-order valence-corrected chi connectivity index (χ2v) is 10.6. The number of carbonyl (C=O) groups is 1. The molecule has 0 spiro atoms. The molecule has 0 aliphatic heterocycles. The van der Waals surface area contributed by atoms with Crippen molar-refractivity contribution in [3.63, 3.8) is 0 Å². The van der Waals surface area contributed by atoms with E-state index in [4.69, 9.17) is 14.2 Å². The van der Waals surface area contributed by atoms with Crippen LogP contribution in [0, 0.1) is 6.92 Å². The Morgan fingerprint density at radius 3 is 2.40 bits per heavy atom. The lowest BCUT2D eigenvalue weighted by Crippen LogP contribution is -2.41. The Kier molecular flexibility index (Phi) is 9.80. The summed E-state index contributed by atoms with van der Waals surface area (Å²) in [7, 11) is -1.12. The summed E-state index contributed by atoms with van der Waals surface area (Å²) in [6.45, 7) is 2.45. The molecule has 0 aromatic heterocycles. The molecular weight excluding hydrogens is 468 g/mol. The predicted octanol–water partition coefficient (Wildman–Crippen LogP) is 4.06. The second-order valence-electron chi connectivity index (χ2n) is 8.70. The molecule has 1 saturated carbocycles. The van der Waals surface area contributed by atoms with Gasteiger partial charge in [0.15, 0.2) is 0 Å². The zero-order valence-electron chi connectivity index (χ0n) is 20.8. The van der Waals surface area contributed by atoms with Crippen LogP contribution in [0.4, 0.5) is 5.69 Å². The van der Waals surface area contributed by atoms with Gasteiger partial charge in [-0.3, -0.25) is 9.10 Å². The quantitative estimate of drug-likeness (QED) is 0.438. The van der Waals surface area contributed by atoms with E-state index >= 15 is 0 Å². The van der Waals surface area contributed by atoms with Gasteiger partial charge in [0.1, 0.15) is 18.0 Å². The van der Waals surface area contributed by atoms with Crippen molar-refractivity contribution < 1.29 is 27.4 Å². The van der Waals surface area contributed by atoms with E-state index in [0.29, 0.717) is 37.2 Å². The molecule has 192 valence electrons. The molecule has 1 N–H and O–H groups in total. The third kappa shape index (κ3) is 7.35. The lowest BCUT2D eigenvalue weighted by Gasteiger charge is -2.26. The number of ether oxygens (including phenoxy) is 3. The van der Waals surface area contributed by atoms with Crippen LogP contribution in [0.25, 0.3) is 0 Å². The summed E-state index contributed by atoms with van der Waals surface area (Å²) >= 11 is 0. The van der Waals surface area contributed by atoms with Gasteiger partial charge in [-0.15, -0.1) is 0 Å². The van der Waals surface area contributed by atoms with Crippen LogP contribution < -0.4 is 19.1 Å². The fourth-order valence-corrected chi connectivity index (χ4v) is 5.52. The molecule has 3 rings (SSSR count). The van der Waals surface area contributed by atoms with Crippen molar-refractivity contribution in [1.82, 2.24) is 5.32 Å². The zero-order valence-corrected chi connectivity index (χ0v) is 21.6. The first-order chi connectivity index (χ1) is 16.8. The van der Waals surface area contributed by atoms with Crippen LogP contribution in [-0.4, -0.2) is 54.3 Å². The molecule has 1 aliphatic carbocycles. The fourth-order valence-electron chi connectivity index (χ4n) is 4.10. The van der Waals surface area contributed by atoms with E-state index in [0.717, 1.165) is 22.7 Å². The fraction of sp³-hybridized carbons (Fsp3) is 0.500. The summed E-state index contributed by atoms with van der Waals surface area (Å²) in [5, 5.41) is 2.82. The van der Waals surface area contributed by atoms with Gasteiger partial charge in [-0.1, -0.05) is 37.0 Å². The summed E-state index contributed by atoms with van der Waals surface area (Å²) in [4.78, 5) is 12.9. The number of rotatable bonds is 12. The Balaban J connectivity index is 1.73. The highest BCUT2D eigenvalue weighted by Gasteiger charge is 2.30. The molecular formula is C26H36N2O6S. The number of aryl methyl sites for hydroxylation is 1. The monoisotopic (exact) mass is 504 g/mol. The first-order valence-electron chi connectivity index (χ1n) is 12.0. The standard InChI is InChI=1S/C26H36N2O6S/c1-20-10-13-23(14-11-20)35(30,31)28(24-18-22(32-2)12-15-25(24)33-3)19-26(29)27-16-7-17-34-21-8-5-4-6-9-21/h10-15,18,21H,4-9,16-17,19H2,1-3H3,(H,27,29). The van der Waals surface area contributed by atoms with Crippen LogP contribution in [0.3, 0.4) is 0 Å². The van der Waals surface area contributed by atoms with Crippen LogP contribution in [0.1, 0.15) is 44.1 Å². The number of amides is 1. The van der Waals surface area contributed by atoms with Crippen LogP contribution in [-0.2, 0) is 19.6 Å². The minimum absolute atomic E-state index is 0.0849. The molecule has 2 aromatic rings. The average Bonchev–Trinajstić information content (AvgIpc) is 2.87. The number of nitrogens with zero attached hydrogens (tertiary/aromatic N) is 1. The van der Waals surface area contributed by atoms with Gasteiger partial charge >= 0.3 is 0 Å². The number of methoxy groups -OCH3 is 2. The maximum atomic E-state index is 13.6. The van der Waals surface area contributed by atoms with Crippen molar-refractivity contribution in [2.45, 2.75) is 56.4 Å². The van der Waals surface area contributed by atoms with Crippen molar-refractivity contribution in [2.24, 2.45) is 0 Å². The first kappa shape index (κ1) is 26.8. The largest absolute Gasteiger partial charge is 0.497 e. The van der Waals surface area contributed by atoms with Gasteiger partial charge in [-0.25, -0.2) is 8.42 Å². The van der Waals surface area contributed by atoms with Crippen molar-refractivity contribution in [3.8, 4) is 11.5 Å². The smallest absolute Gasteiger partial charge is 0.264 e. The van der Waals surface area contributed by atoms with Crippen LogP contribution in [0.15, 0.2) is 47.4 Å². The molecule has 0 heterocycles. The van der Waals surface area contributed by atoms with E-state index in [1.165, 1.54) is 45.6 Å². The number of nitrogens with one attached hydrogen (secondary N) is 1. The Morgan fingerprint density at radius 2 is 1.74 bits per heavy atom. The van der Waals surface area contributed by atoms with E-state index in [1.54, 1.807) is 30.3 Å². The van der Waals surface area contributed by atoms with E-state index in [9.17, 15) is 13.2 Å². The second kappa shape index (κ2) is 12.8. The first-order valence-corrected chi connectivity index (χ1v) is 13.5. The average molecular weight is 505 g/mol. The lowest BCUT2D eigenvalue weighted by atomic mass is 9.98. The third-order valence-corrected chi connectivity index (χ3v) is 7.87. The number of sulfonamides is 1. The molecule has 0 radical (unpaired) electrons. The summed E-state index contributed by atoms with van der Waals surface area (Å²) < 4.78 is 44.9. The molecule has 0 bridgehead atoms. The van der Waals surface area contributed by atoms with Gasteiger partial charge in [-0.05, 0) is 50.5 Å². The third-order valence-electron chi connectivity index (χ3n) is 6.10. The topological polar surface area (TPSA) is 94.2 Å². The van der Waals surface area contributed by atoms with E-state index in [1.807, 2.05) is 6.92 Å². The molecule has 0 saturated heterocycles. The molecule has 8 nitrogen and oxygen atoms in total. The molecule has 9 heteroatoms. The molecule has 0 atom stereocenters. The predicted molar refractivity (Wildman–Crippen MR) is 136 cm³/mol. The minimum Gasteiger partial charge on any atom is -0.497 e. The van der Waals surface area contributed by atoms with Gasteiger partial charge in [0, 0.05) is 19.2 Å². The van der Waals surface area contributed by atoms with Crippen molar-refractivity contribution in [3.05, 3.63) is 48.0 Å².